The molecule has 0 saturated heterocycles. The molecule has 5 heteroatoms. The number of rotatable bonds is 3. The lowest BCUT2D eigenvalue weighted by Gasteiger charge is -1.99. The summed E-state index contributed by atoms with van der Waals surface area (Å²) in [6, 6.07) is 7.69. The van der Waals surface area contributed by atoms with Gasteiger partial charge in [-0.15, -0.1) is 0 Å². The zero-order chi connectivity index (χ0) is 13.0. The number of carbonyl (C=O) groups excluding carboxylic acids is 1. The van der Waals surface area contributed by atoms with Gasteiger partial charge in [0.15, 0.2) is 0 Å². The van der Waals surface area contributed by atoms with Crippen molar-refractivity contribution in [3.8, 4) is 0 Å². The molecule has 0 N–H and O–H groups in total. The minimum atomic E-state index is -0.577. The van der Waals surface area contributed by atoms with Gasteiger partial charge < -0.3 is 9.40 Å². The summed E-state index contributed by atoms with van der Waals surface area (Å²) in [5.74, 6) is -0.357. The molecule has 1 aromatic heterocycles. The Morgan fingerprint density at radius 1 is 1.44 bits per heavy atom. The van der Waals surface area contributed by atoms with E-state index in [2.05, 4.69) is 10.1 Å². The van der Waals surface area contributed by atoms with E-state index < -0.39 is 5.97 Å². The zero-order valence-electron chi connectivity index (χ0n) is 10.2. The summed E-state index contributed by atoms with van der Waals surface area (Å²) in [4.78, 5) is 20.2. The van der Waals surface area contributed by atoms with Crippen LogP contribution < -0.4 is 0 Å². The van der Waals surface area contributed by atoms with Gasteiger partial charge >= 0.3 is 5.97 Å². The van der Waals surface area contributed by atoms with Crippen LogP contribution in [0.2, 0.25) is 0 Å². The Hall–Kier alpha value is -2.43. The molecule has 5 nitrogen and oxygen atoms in total. The minimum absolute atomic E-state index is 0.219. The number of hydrogen-bond acceptors (Lipinski definition) is 4. The normalized spacial score (nSPS) is 10.8. The fourth-order valence-electron chi connectivity index (χ4n) is 1.47. The van der Waals surface area contributed by atoms with E-state index in [4.69, 9.17) is 4.84 Å². The monoisotopic (exact) mass is 243 g/mol. The SMILES string of the molecule is Cc1ccccc1C=NOC(=O)c1nccn1C. The molecule has 0 amide bonds. The third-order valence-electron chi connectivity index (χ3n) is 2.52. The molecule has 0 saturated carbocycles. The average molecular weight is 243 g/mol. The number of benzene rings is 1. The van der Waals surface area contributed by atoms with Crippen LogP contribution in [0.4, 0.5) is 0 Å². The van der Waals surface area contributed by atoms with E-state index in [1.54, 1.807) is 17.8 Å². The lowest BCUT2D eigenvalue weighted by atomic mass is 10.1. The van der Waals surface area contributed by atoms with Crippen molar-refractivity contribution in [3.63, 3.8) is 0 Å². The number of aryl methyl sites for hydroxylation is 2. The molecule has 18 heavy (non-hydrogen) atoms. The number of imidazole rings is 1. The van der Waals surface area contributed by atoms with Gasteiger partial charge in [-0.05, 0) is 18.1 Å². The zero-order valence-corrected chi connectivity index (χ0v) is 10.2. The highest BCUT2D eigenvalue weighted by Crippen LogP contribution is 2.04. The topological polar surface area (TPSA) is 56.5 Å². The molecule has 0 bridgehead atoms. The van der Waals surface area contributed by atoms with E-state index in [0.717, 1.165) is 11.1 Å². The molecule has 2 rings (SSSR count). The molecule has 1 aromatic carbocycles. The van der Waals surface area contributed by atoms with Gasteiger partial charge in [0.05, 0.1) is 6.21 Å². The smallest absolute Gasteiger partial charge is 0.328 e. The molecule has 0 fully saturated rings. The number of oxime groups is 1. The van der Waals surface area contributed by atoms with Crippen LogP contribution >= 0.6 is 0 Å². The second kappa shape index (κ2) is 5.27. The van der Waals surface area contributed by atoms with Crippen LogP contribution in [-0.4, -0.2) is 21.7 Å². The van der Waals surface area contributed by atoms with E-state index >= 15 is 0 Å². The molecule has 0 aliphatic carbocycles. The summed E-state index contributed by atoms with van der Waals surface area (Å²) >= 11 is 0. The van der Waals surface area contributed by atoms with Crippen LogP contribution in [0.25, 0.3) is 0 Å². The molecule has 0 atom stereocenters. The van der Waals surface area contributed by atoms with Gasteiger partial charge in [0.2, 0.25) is 5.82 Å². The second-order valence-corrected chi connectivity index (χ2v) is 3.83. The molecule has 92 valence electrons. The Morgan fingerprint density at radius 2 is 2.22 bits per heavy atom. The van der Waals surface area contributed by atoms with Gasteiger partial charge in [-0.1, -0.05) is 29.4 Å². The number of carbonyl (C=O) groups is 1. The summed E-state index contributed by atoms with van der Waals surface area (Å²) in [5, 5.41) is 3.67. The van der Waals surface area contributed by atoms with Crippen LogP contribution in [-0.2, 0) is 11.9 Å². The summed E-state index contributed by atoms with van der Waals surface area (Å²) in [5.41, 5.74) is 1.97. The highest BCUT2D eigenvalue weighted by Gasteiger charge is 2.11. The van der Waals surface area contributed by atoms with Crippen molar-refractivity contribution < 1.29 is 9.63 Å². The van der Waals surface area contributed by atoms with Crippen LogP contribution in [0, 0.1) is 6.92 Å². The maximum absolute atomic E-state index is 11.6. The van der Waals surface area contributed by atoms with Crippen molar-refractivity contribution in [2.45, 2.75) is 6.92 Å². The van der Waals surface area contributed by atoms with Crippen LogP contribution in [0.15, 0.2) is 41.8 Å². The summed E-state index contributed by atoms with van der Waals surface area (Å²) in [6.45, 7) is 1.96. The highest BCUT2D eigenvalue weighted by atomic mass is 16.7. The largest absolute Gasteiger partial charge is 0.400 e. The average Bonchev–Trinajstić information content (AvgIpc) is 2.78. The third-order valence-corrected chi connectivity index (χ3v) is 2.52. The first-order chi connectivity index (χ1) is 8.68. The quantitative estimate of drug-likeness (QED) is 0.470. The molecule has 0 spiro atoms. The van der Waals surface area contributed by atoms with E-state index in [0.29, 0.717) is 0 Å². The van der Waals surface area contributed by atoms with Gasteiger partial charge in [-0.3, -0.25) is 0 Å². The fourth-order valence-corrected chi connectivity index (χ4v) is 1.47. The predicted molar refractivity (Wildman–Crippen MR) is 67.4 cm³/mol. The molecule has 0 unspecified atom stereocenters. The van der Waals surface area contributed by atoms with E-state index in [1.807, 2.05) is 31.2 Å². The molecule has 0 radical (unpaired) electrons. The Labute approximate surface area is 105 Å². The van der Waals surface area contributed by atoms with Crippen molar-refractivity contribution in [1.29, 1.82) is 0 Å². The highest BCUT2D eigenvalue weighted by molar-refractivity contribution is 5.87. The predicted octanol–water partition coefficient (Wildman–Crippen LogP) is 1.92. The van der Waals surface area contributed by atoms with E-state index in [1.165, 1.54) is 12.4 Å². The van der Waals surface area contributed by atoms with Crippen LogP contribution in [0.3, 0.4) is 0 Å². The van der Waals surface area contributed by atoms with Crippen molar-refractivity contribution in [2.75, 3.05) is 0 Å². The molecule has 1 heterocycles. The first-order valence-corrected chi connectivity index (χ1v) is 5.46. The van der Waals surface area contributed by atoms with Gasteiger partial charge in [0.1, 0.15) is 0 Å². The van der Waals surface area contributed by atoms with Crippen molar-refractivity contribution in [1.82, 2.24) is 9.55 Å². The standard InChI is InChI=1S/C13H13N3O2/c1-10-5-3-4-6-11(10)9-15-18-13(17)12-14-7-8-16(12)2/h3-9H,1-2H3. The molecule has 0 aliphatic heterocycles. The van der Waals surface area contributed by atoms with Crippen molar-refractivity contribution >= 4 is 12.2 Å². The summed E-state index contributed by atoms with van der Waals surface area (Å²) in [6.07, 6.45) is 4.71. The molecular formula is C13H13N3O2. The third kappa shape index (κ3) is 2.63. The lowest BCUT2D eigenvalue weighted by Crippen LogP contribution is -2.08. The Morgan fingerprint density at radius 3 is 2.89 bits per heavy atom. The van der Waals surface area contributed by atoms with Crippen LogP contribution in [0.5, 0.6) is 0 Å². The van der Waals surface area contributed by atoms with Gasteiger partial charge in [-0.2, -0.15) is 0 Å². The van der Waals surface area contributed by atoms with Crippen molar-refractivity contribution in [2.24, 2.45) is 12.2 Å². The minimum Gasteiger partial charge on any atom is -0.328 e. The first kappa shape index (κ1) is 12.0. The van der Waals surface area contributed by atoms with Gasteiger partial charge in [0.25, 0.3) is 0 Å². The molecule has 0 aliphatic rings. The molecular weight excluding hydrogens is 230 g/mol. The van der Waals surface area contributed by atoms with Crippen LogP contribution in [0.1, 0.15) is 21.7 Å². The summed E-state index contributed by atoms with van der Waals surface area (Å²) in [7, 11) is 1.72. The molecule has 2 aromatic rings. The lowest BCUT2D eigenvalue weighted by molar-refractivity contribution is 0.0500. The van der Waals surface area contributed by atoms with Gasteiger partial charge in [0, 0.05) is 19.4 Å². The van der Waals surface area contributed by atoms with E-state index in [9.17, 15) is 4.79 Å². The van der Waals surface area contributed by atoms with E-state index in [-0.39, 0.29) is 5.82 Å². The van der Waals surface area contributed by atoms with Crippen molar-refractivity contribution in [3.05, 3.63) is 53.6 Å². The summed E-state index contributed by atoms with van der Waals surface area (Å²) < 4.78 is 1.58. The first-order valence-electron chi connectivity index (χ1n) is 5.46. The Bertz CT molecular complexity index is 587. The maximum Gasteiger partial charge on any atom is 0.400 e. The Balaban J connectivity index is 2.03. The number of aromatic nitrogens is 2. The second-order valence-electron chi connectivity index (χ2n) is 3.83. The number of hydrogen-bond donors (Lipinski definition) is 0. The number of nitrogens with zero attached hydrogens (tertiary/aromatic N) is 3. The Kier molecular flexibility index (Phi) is 3.52. The fraction of sp³-hybridized carbons (Fsp3) is 0.154. The van der Waals surface area contributed by atoms with Gasteiger partial charge in [-0.25, -0.2) is 9.78 Å². The maximum atomic E-state index is 11.6.